The van der Waals surface area contributed by atoms with Gasteiger partial charge in [-0.25, -0.2) is 8.42 Å². The summed E-state index contributed by atoms with van der Waals surface area (Å²) in [7, 11) is 0.541. The highest BCUT2D eigenvalue weighted by Gasteiger charge is 2.34. The van der Waals surface area contributed by atoms with Gasteiger partial charge < -0.3 is 9.47 Å². The molecule has 1 fully saturated rings. The van der Waals surface area contributed by atoms with Crippen molar-refractivity contribution >= 4 is 27.5 Å². The van der Waals surface area contributed by atoms with Crippen molar-refractivity contribution in [3.63, 3.8) is 0 Å². The first kappa shape index (κ1) is 19.9. The van der Waals surface area contributed by atoms with E-state index in [2.05, 4.69) is 10.2 Å². The van der Waals surface area contributed by atoms with E-state index in [1.807, 2.05) is 49.7 Å². The summed E-state index contributed by atoms with van der Waals surface area (Å²) in [5, 5.41) is 8.80. The first-order valence-corrected chi connectivity index (χ1v) is 11.5. The molecule has 1 aliphatic rings. The lowest BCUT2D eigenvalue weighted by atomic mass is 10.1. The van der Waals surface area contributed by atoms with Crippen LogP contribution in [-0.4, -0.2) is 63.8 Å². The molecule has 7 nitrogen and oxygen atoms in total. The third-order valence-corrected chi connectivity index (χ3v) is 7.83. The number of aromatic nitrogens is 3. The van der Waals surface area contributed by atoms with E-state index in [1.165, 1.54) is 11.8 Å². The average Bonchev–Trinajstić information content (AvgIpc) is 3.17. The quantitative estimate of drug-likeness (QED) is 0.703. The van der Waals surface area contributed by atoms with Crippen LogP contribution in [0.15, 0.2) is 29.4 Å². The van der Waals surface area contributed by atoms with Crippen LogP contribution in [0.4, 0.5) is 0 Å². The number of hydrogen-bond donors (Lipinski definition) is 0. The lowest BCUT2D eigenvalue weighted by molar-refractivity contribution is -0.130. The molecule has 1 aliphatic heterocycles. The molecule has 0 saturated carbocycles. The smallest absolute Gasteiger partial charge is 0.235 e. The van der Waals surface area contributed by atoms with E-state index in [9.17, 15) is 13.2 Å². The van der Waals surface area contributed by atoms with E-state index < -0.39 is 9.84 Å². The normalized spacial score (nSPS) is 19.8. The van der Waals surface area contributed by atoms with Crippen molar-refractivity contribution in [2.45, 2.75) is 36.7 Å². The van der Waals surface area contributed by atoms with E-state index in [0.29, 0.717) is 11.6 Å². The largest absolute Gasteiger partial charge is 0.341 e. The highest BCUT2D eigenvalue weighted by molar-refractivity contribution is 8.00. The van der Waals surface area contributed by atoms with Gasteiger partial charge in [-0.05, 0) is 25.8 Å². The van der Waals surface area contributed by atoms with Gasteiger partial charge in [0.2, 0.25) is 5.91 Å². The molecular weight excluding hydrogens is 384 g/mol. The Balaban J connectivity index is 1.72. The van der Waals surface area contributed by atoms with Crippen LogP contribution in [0.2, 0.25) is 0 Å². The van der Waals surface area contributed by atoms with Crippen molar-refractivity contribution < 1.29 is 13.2 Å². The van der Waals surface area contributed by atoms with E-state index in [1.54, 1.807) is 11.9 Å². The summed E-state index contributed by atoms with van der Waals surface area (Å²) < 4.78 is 25.2. The number of amides is 1. The second kappa shape index (κ2) is 7.63. The number of rotatable bonds is 5. The van der Waals surface area contributed by atoms with Gasteiger partial charge in [0.25, 0.3) is 0 Å². The minimum Gasteiger partial charge on any atom is -0.341 e. The number of carbonyl (C=O) groups is 1. The molecule has 1 aromatic carbocycles. The molecule has 1 saturated heterocycles. The Morgan fingerprint density at radius 2 is 2.04 bits per heavy atom. The molecule has 2 heterocycles. The SMILES string of the molecule is Cc1ccccc1-c1nnc(S[C@H](C)C(=O)N(C)[C@@H]2CCS(=O)(=O)C2)n1C. The lowest BCUT2D eigenvalue weighted by Gasteiger charge is -2.26. The second-order valence-electron chi connectivity index (χ2n) is 6.95. The molecule has 27 heavy (non-hydrogen) atoms. The Bertz CT molecular complexity index is 955. The van der Waals surface area contributed by atoms with E-state index >= 15 is 0 Å². The predicted molar refractivity (Wildman–Crippen MR) is 106 cm³/mol. The second-order valence-corrected chi connectivity index (χ2v) is 10.5. The molecule has 3 rings (SSSR count). The molecule has 9 heteroatoms. The first-order valence-electron chi connectivity index (χ1n) is 8.79. The van der Waals surface area contributed by atoms with Crippen molar-refractivity contribution in [1.29, 1.82) is 0 Å². The van der Waals surface area contributed by atoms with Crippen LogP contribution in [0.1, 0.15) is 18.9 Å². The van der Waals surface area contributed by atoms with Gasteiger partial charge >= 0.3 is 0 Å². The Morgan fingerprint density at radius 3 is 2.67 bits per heavy atom. The van der Waals surface area contributed by atoms with Crippen molar-refractivity contribution in [3.8, 4) is 11.4 Å². The highest BCUT2D eigenvalue weighted by Crippen LogP contribution is 2.28. The Morgan fingerprint density at radius 1 is 1.33 bits per heavy atom. The highest BCUT2D eigenvalue weighted by atomic mass is 32.2. The summed E-state index contributed by atoms with van der Waals surface area (Å²) in [6, 6.07) is 7.71. The zero-order valence-corrected chi connectivity index (χ0v) is 17.5. The van der Waals surface area contributed by atoms with Crippen molar-refractivity contribution in [2.24, 2.45) is 7.05 Å². The molecule has 0 radical (unpaired) electrons. The summed E-state index contributed by atoms with van der Waals surface area (Å²) in [4.78, 5) is 14.3. The number of benzene rings is 1. The summed E-state index contributed by atoms with van der Waals surface area (Å²) in [5.74, 6) is 0.862. The van der Waals surface area contributed by atoms with Crippen molar-refractivity contribution in [2.75, 3.05) is 18.6 Å². The van der Waals surface area contributed by atoms with Gasteiger partial charge in [-0.1, -0.05) is 36.0 Å². The monoisotopic (exact) mass is 408 g/mol. The van der Waals surface area contributed by atoms with Crippen molar-refractivity contribution in [1.82, 2.24) is 19.7 Å². The molecule has 0 unspecified atom stereocenters. The van der Waals surface area contributed by atoms with E-state index in [4.69, 9.17) is 0 Å². The Labute approximate surface area is 164 Å². The standard InChI is InChI=1S/C18H24N4O3S2/c1-12-7-5-6-8-15(12)16-19-20-18(22(16)4)26-13(2)17(23)21(3)14-9-10-27(24,25)11-14/h5-8,13-14H,9-11H2,1-4H3/t13-,14-/m1/s1. The maximum atomic E-state index is 12.7. The molecule has 2 atom stereocenters. The molecule has 0 aliphatic carbocycles. The van der Waals surface area contributed by atoms with Crippen LogP contribution in [0.25, 0.3) is 11.4 Å². The van der Waals surface area contributed by atoms with Gasteiger partial charge in [0, 0.05) is 25.7 Å². The number of carbonyl (C=O) groups excluding carboxylic acids is 1. The zero-order valence-electron chi connectivity index (χ0n) is 15.9. The van der Waals surface area contributed by atoms with E-state index in [0.717, 1.165) is 17.0 Å². The van der Waals surface area contributed by atoms with Crippen LogP contribution in [-0.2, 0) is 21.7 Å². The number of sulfone groups is 1. The lowest BCUT2D eigenvalue weighted by Crippen LogP contribution is -2.41. The fraction of sp³-hybridized carbons (Fsp3) is 0.500. The Kier molecular flexibility index (Phi) is 5.62. The average molecular weight is 409 g/mol. The summed E-state index contributed by atoms with van der Waals surface area (Å²) in [5.41, 5.74) is 2.11. The molecule has 146 valence electrons. The number of hydrogen-bond acceptors (Lipinski definition) is 6. The molecule has 1 amide bonds. The zero-order chi connectivity index (χ0) is 19.8. The minimum absolute atomic E-state index is 0.0496. The molecule has 0 bridgehead atoms. The molecule has 2 aromatic rings. The first-order chi connectivity index (χ1) is 12.7. The van der Waals surface area contributed by atoms with Gasteiger partial charge in [0.05, 0.1) is 16.8 Å². The van der Waals surface area contributed by atoms with Gasteiger partial charge in [0.15, 0.2) is 20.8 Å². The summed E-state index contributed by atoms with van der Waals surface area (Å²) in [6.07, 6.45) is 0.503. The number of nitrogens with zero attached hydrogens (tertiary/aromatic N) is 4. The van der Waals surface area contributed by atoms with E-state index in [-0.39, 0.29) is 28.7 Å². The predicted octanol–water partition coefficient (Wildman–Crippen LogP) is 1.92. The molecule has 0 spiro atoms. The van der Waals surface area contributed by atoms with Gasteiger partial charge in [0.1, 0.15) is 0 Å². The maximum Gasteiger partial charge on any atom is 0.235 e. The minimum atomic E-state index is -3.02. The van der Waals surface area contributed by atoms with Gasteiger partial charge in [-0.2, -0.15) is 0 Å². The third kappa shape index (κ3) is 4.19. The Hall–Kier alpha value is -1.87. The molecule has 0 N–H and O–H groups in total. The summed E-state index contributed by atoms with van der Waals surface area (Å²) >= 11 is 1.34. The molecule has 1 aromatic heterocycles. The van der Waals surface area contributed by atoms with Gasteiger partial charge in [-0.15, -0.1) is 10.2 Å². The fourth-order valence-electron chi connectivity index (χ4n) is 3.23. The van der Waals surface area contributed by atoms with Crippen LogP contribution < -0.4 is 0 Å². The fourth-order valence-corrected chi connectivity index (χ4v) is 5.92. The number of thioether (sulfide) groups is 1. The number of aryl methyl sites for hydroxylation is 1. The molecular formula is C18H24N4O3S2. The van der Waals surface area contributed by atoms with Gasteiger partial charge in [-0.3, -0.25) is 4.79 Å². The van der Waals surface area contributed by atoms with Crippen LogP contribution in [0.3, 0.4) is 0 Å². The van der Waals surface area contributed by atoms with Crippen LogP contribution in [0.5, 0.6) is 0 Å². The van der Waals surface area contributed by atoms with Crippen LogP contribution in [0, 0.1) is 6.92 Å². The van der Waals surface area contributed by atoms with Crippen LogP contribution >= 0.6 is 11.8 Å². The van der Waals surface area contributed by atoms with Crippen molar-refractivity contribution in [3.05, 3.63) is 29.8 Å². The third-order valence-electron chi connectivity index (χ3n) is 4.95. The summed E-state index contributed by atoms with van der Waals surface area (Å²) in [6.45, 7) is 3.84. The maximum absolute atomic E-state index is 12.7. The topological polar surface area (TPSA) is 85.2 Å².